The average molecular weight is 527 g/mol. The molecule has 6 heteroatoms. The Bertz CT molecular complexity index is 1200. The summed E-state index contributed by atoms with van der Waals surface area (Å²) in [5.41, 5.74) is 3.39. The highest BCUT2D eigenvalue weighted by Gasteiger charge is 2.21. The Morgan fingerprint density at radius 1 is 0.974 bits per heavy atom. The van der Waals surface area contributed by atoms with Gasteiger partial charge in [0.1, 0.15) is 18.2 Å². The number of ether oxygens (including phenoxy) is 2. The molecule has 0 amide bonds. The maximum Gasteiger partial charge on any atom is 0.303 e. The molecule has 0 aliphatic rings. The van der Waals surface area contributed by atoms with Crippen molar-refractivity contribution >= 4 is 5.97 Å². The zero-order valence-corrected chi connectivity index (χ0v) is 23.4. The quantitative estimate of drug-likeness (QED) is 0.257. The lowest BCUT2D eigenvalue weighted by molar-refractivity contribution is -0.136. The number of halogens is 2. The first-order valence-corrected chi connectivity index (χ1v) is 13.2. The number of rotatable bonds is 12. The SMILES string of the molecule is CC.CCCC(C)(C)Cc1cc(COc2cccc(CCC(=O)O)c2F)ccc1-c1cc(OC)ccc1F. The molecule has 0 unspecified atom stereocenters. The Morgan fingerprint density at radius 2 is 1.71 bits per heavy atom. The highest BCUT2D eigenvalue weighted by Crippen LogP contribution is 2.36. The number of aryl methyl sites for hydroxylation is 1. The lowest BCUT2D eigenvalue weighted by Gasteiger charge is -2.26. The number of hydrogen-bond acceptors (Lipinski definition) is 3. The summed E-state index contributed by atoms with van der Waals surface area (Å²) < 4.78 is 40.8. The van der Waals surface area contributed by atoms with E-state index >= 15 is 0 Å². The van der Waals surface area contributed by atoms with Gasteiger partial charge in [-0.15, -0.1) is 0 Å². The third kappa shape index (κ3) is 8.57. The molecule has 0 aromatic heterocycles. The topological polar surface area (TPSA) is 55.8 Å². The van der Waals surface area contributed by atoms with Crippen LogP contribution < -0.4 is 9.47 Å². The van der Waals surface area contributed by atoms with Crippen LogP contribution in [0.25, 0.3) is 11.1 Å². The summed E-state index contributed by atoms with van der Waals surface area (Å²) in [5, 5.41) is 8.89. The fraction of sp³-hybridized carbons (Fsp3) is 0.406. The number of carboxylic acid groups (broad SMARTS) is 1. The Kier molecular flexibility index (Phi) is 11.8. The molecule has 0 bridgehead atoms. The summed E-state index contributed by atoms with van der Waals surface area (Å²) in [5.74, 6) is -1.19. The number of benzene rings is 3. The summed E-state index contributed by atoms with van der Waals surface area (Å²) in [7, 11) is 1.55. The molecule has 0 aliphatic carbocycles. The maximum absolute atomic E-state index is 14.9. The molecule has 0 fully saturated rings. The van der Waals surface area contributed by atoms with E-state index in [1.165, 1.54) is 12.1 Å². The van der Waals surface area contributed by atoms with Crippen LogP contribution >= 0.6 is 0 Å². The molecular formula is C32H40F2O4. The first-order chi connectivity index (χ1) is 18.1. The first-order valence-electron chi connectivity index (χ1n) is 13.2. The van der Waals surface area contributed by atoms with Gasteiger partial charge in [-0.3, -0.25) is 4.79 Å². The van der Waals surface area contributed by atoms with Crippen molar-refractivity contribution in [2.24, 2.45) is 5.41 Å². The van der Waals surface area contributed by atoms with Gasteiger partial charge >= 0.3 is 5.97 Å². The second-order valence-electron chi connectivity index (χ2n) is 9.84. The van der Waals surface area contributed by atoms with E-state index in [4.69, 9.17) is 14.6 Å². The maximum atomic E-state index is 14.9. The van der Waals surface area contributed by atoms with Crippen LogP contribution in [-0.2, 0) is 24.2 Å². The molecule has 0 saturated heterocycles. The van der Waals surface area contributed by atoms with E-state index in [-0.39, 0.29) is 36.4 Å². The van der Waals surface area contributed by atoms with Gasteiger partial charge in [-0.05, 0) is 71.2 Å². The molecule has 4 nitrogen and oxygen atoms in total. The lowest BCUT2D eigenvalue weighted by Crippen LogP contribution is -2.15. The van der Waals surface area contributed by atoms with Crippen molar-refractivity contribution in [3.63, 3.8) is 0 Å². The van der Waals surface area contributed by atoms with Gasteiger partial charge in [-0.2, -0.15) is 0 Å². The monoisotopic (exact) mass is 526 g/mol. The second kappa shape index (κ2) is 14.5. The fourth-order valence-electron chi connectivity index (χ4n) is 4.53. The van der Waals surface area contributed by atoms with Crippen LogP contribution in [0, 0.1) is 17.0 Å². The van der Waals surface area contributed by atoms with E-state index in [9.17, 15) is 13.6 Å². The Hall–Kier alpha value is -3.41. The normalized spacial score (nSPS) is 10.9. The van der Waals surface area contributed by atoms with Crippen molar-refractivity contribution in [1.29, 1.82) is 0 Å². The van der Waals surface area contributed by atoms with Crippen molar-refractivity contribution in [2.75, 3.05) is 7.11 Å². The summed E-state index contributed by atoms with van der Waals surface area (Å²) in [6.45, 7) is 10.7. The predicted octanol–water partition coefficient (Wildman–Crippen LogP) is 8.63. The number of aliphatic carboxylic acids is 1. The van der Waals surface area contributed by atoms with Crippen LogP contribution in [0.3, 0.4) is 0 Å². The average Bonchev–Trinajstić information content (AvgIpc) is 2.89. The van der Waals surface area contributed by atoms with Gasteiger partial charge in [0.25, 0.3) is 0 Å². The van der Waals surface area contributed by atoms with Crippen molar-refractivity contribution in [3.8, 4) is 22.6 Å². The molecule has 3 aromatic rings. The van der Waals surface area contributed by atoms with Gasteiger partial charge in [0.15, 0.2) is 11.6 Å². The van der Waals surface area contributed by atoms with Crippen LogP contribution in [0.1, 0.15) is 70.6 Å². The van der Waals surface area contributed by atoms with Crippen LogP contribution in [-0.4, -0.2) is 18.2 Å². The molecule has 3 rings (SSSR count). The third-order valence-electron chi connectivity index (χ3n) is 6.27. The van der Waals surface area contributed by atoms with Gasteiger partial charge in [-0.1, -0.05) is 71.4 Å². The van der Waals surface area contributed by atoms with E-state index in [0.29, 0.717) is 16.9 Å². The number of hydrogen-bond donors (Lipinski definition) is 1. The largest absolute Gasteiger partial charge is 0.497 e. The Labute approximate surface area is 225 Å². The second-order valence-corrected chi connectivity index (χ2v) is 9.84. The van der Waals surface area contributed by atoms with E-state index in [2.05, 4.69) is 20.8 Å². The van der Waals surface area contributed by atoms with Crippen molar-refractivity contribution in [1.82, 2.24) is 0 Å². The van der Waals surface area contributed by atoms with E-state index in [1.54, 1.807) is 31.4 Å². The molecule has 38 heavy (non-hydrogen) atoms. The molecular weight excluding hydrogens is 486 g/mol. The van der Waals surface area contributed by atoms with Crippen molar-refractivity contribution in [3.05, 3.63) is 82.9 Å². The molecule has 0 radical (unpaired) electrons. The molecule has 206 valence electrons. The fourth-order valence-corrected chi connectivity index (χ4v) is 4.53. The summed E-state index contributed by atoms with van der Waals surface area (Å²) >= 11 is 0. The van der Waals surface area contributed by atoms with Gasteiger partial charge in [0, 0.05) is 12.0 Å². The van der Waals surface area contributed by atoms with Crippen LogP contribution in [0.2, 0.25) is 0 Å². The molecule has 1 N–H and O–H groups in total. The van der Waals surface area contributed by atoms with E-state index in [1.807, 2.05) is 32.0 Å². The van der Waals surface area contributed by atoms with Crippen LogP contribution in [0.4, 0.5) is 8.78 Å². The summed E-state index contributed by atoms with van der Waals surface area (Å²) in [6.07, 6.45) is 2.73. The summed E-state index contributed by atoms with van der Waals surface area (Å²) in [6, 6.07) is 15.2. The zero-order valence-electron chi connectivity index (χ0n) is 23.4. The Balaban J connectivity index is 0.00000247. The number of carboxylic acids is 1. The highest BCUT2D eigenvalue weighted by atomic mass is 19.1. The van der Waals surface area contributed by atoms with Crippen molar-refractivity contribution in [2.45, 2.75) is 73.3 Å². The summed E-state index contributed by atoms with van der Waals surface area (Å²) in [4.78, 5) is 10.9. The minimum Gasteiger partial charge on any atom is -0.497 e. The number of carbonyl (C=O) groups is 1. The lowest BCUT2D eigenvalue weighted by atomic mass is 9.79. The van der Waals surface area contributed by atoms with Crippen LogP contribution in [0.5, 0.6) is 11.5 Å². The van der Waals surface area contributed by atoms with E-state index in [0.717, 1.165) is 36.0 Å². The molecule has 3 aromatic carbocycles. The van der Waals surface area contributed by atoms with E-state index < -0.39 is 11.8 Å². The first kappa shape index (κ1) is 30.8. The molecule has 0 saturated carbocycles. The van der Waals surface area contributed by atoms with Gasteiger partial charge in [-0.25, -0.2) is 8.78 Å². The smallest absolute Gasteiger partial charge is 0.303 e. The molecule has 0 heterocycles. The molecule has 0 spiro atoms. The number of methoxy groups -OCH3 is 1. The van der Waals surface area contributed by atoms with Gasteiger partial charge in [0.2, 0.25) is 0 Å². The van der Waals surface area contributed by atoms with Gasteiger partial charge < -0.3 is 14.6 Å². The minimum absolute atomic E-state index is 0.00288. The highest BCUT2D eigenvalue weighted by molar-refractivity contribution is 5.70. The molecule has 0 aliphatic heterocycles. The molecule has 0 atom stereocenters. The Morgan fingerprint density at radius 3 is 2.37 bits per heavy atom. The minimum atomic E-state index is -0.980. The zero-order chi connectivity index (χ0) is 28.3. The predicted molar refractivity (Wildman–Crippen MR) is 149 cm³/mol. The third-order valence-corrected chi connectivity index (χ3v) is 6.27. The van der Waals surface area contributed by atoms with Gasteiger partial charge in [0.05, 0.1) is 7.11 Å². The van der Waals surface area contributed by atoms with Crippen LogP contribution in [0.15, 0.2) is 54.6 Å². The van der Waals surface area contributed by atoms with Crippen molar-refractivity contribution < 1.29 is 28.2 Å². The standard InChI is InChI=1S/C30H34F2O4.C2H6/c1-5-15-30(2,3)18-22-16-20(9-12-24(22)25-17-23(35-4)11-13-26(25)31)19-36-27-8-6-7-21(29(27)32)10-14-28(33)34;1-2/h6-9,11-13,16-17H,5,10,14-15,18-19H2,1-4H3,(H,33,34);1-2H3.